The molecule has 0 bridgehead atoms. The van der Waals surface area contributed by atoms with Crippen molar-refractivity contribution in [2.75, 3.05) is 57.8 Å². The molecule has 0 unspecified atom stereocenters. The minimum Gasteiger partial charge on any atom is -0.497 e. The first-order valence-corrected chi connectivity index (χ1v) is 10.6. The lowest BCUT2D eigenvalue weighted by Crippen LogP contribution is -2.52. The van der Waals surface area contributed by atoms with Gasteiger partial charge in [0.2, 0.25) is 5.91 Å². The van der Waals surface area contributed by atoms with Gasteiger partial charge in [-0.15, -0.1) is 0 Å². The Balaban J connectivity index is 1.24. The van der Waals surface area contributed by atoms with E-state index >= 15 is 0 Å². The van der Waals surface area contributed by atoms with E-state index in [0.717, 1.165) is 56.9 Å². The third-order valence-corrected chi connectivity index (χ3v) is 6.81. The summed E-state index contributed by atoms with van der Waals surface area (Å²) in [6.45, 7) is 6.44. The lowest BCUT2D eigenvalue weighted by Gasteiger charge is -2.42. The molecule has 1 aliphatic carbocycles. The second kappa shape index (κ2) is 8.51. The number of anilines is 1. The van der Waals surface area contributed by atoms with E-state index < -0.39 is 0 Å². The van der Waals surface area contributed by atoms with Gasteiger partial charge in [0.25, 0.3) is 0 Å². The average Bonchev–Trinajstić information content (AvgIpc) is 2.74. The molecule has 0 radical (unpaired) electrons. The molecular weight excluding hydrogens is 338 g/mol. The summed E-state index contributed by atoms with van der Waals surface area (Å²) in [6, 6.07) is 8.27. The Labute approximate surface area is 163 Å². The number of fused-ring (bicyclic) bond motifs is 1. The van der Waals surface area contributed by atoms with E-state index in [0.29, 0.717) is 12.5 Å². The van der Waals surface area contributed by atoms with E-state index in [2.05, 4.69) is 26.8 Å². The number of carbonyl (C=O) groups excluding carboxylic acids is 1. The van der Waals surface area contributed by atoms with Crippen LogP contribution in [-0.4, -0.2) is 68.6 Å². The van der Waals surface area contributed by atoms with Crippen molar-refractivity contribution in [1.82, 2.24) is 9.80 Å². The first-order chi connectivity index (χ1) is 13.2. The third-order valence-electron chi connectivity index (χ3n) is 6.81. The zero-order valence-electron chi connectivity index (χ0n) is 16.6. The number of methoxy groups -OCH3 is 1. The molecule has 0 spiro atoms. The summed E-state index contributed by atoms with van der Waals surface area (Å²) >= 11 is 0. The van der Waals surface area contributed by atoms with Crippen LogP contribution in [-0.2, 0) is 4.79 Å². The lowest BCUT2D eigenvalue weighted by molar-refractivity contribution is -0.135. The molecule has 1 amide bonds. The van der Waals surface area contributed by atoms with Crippen molar-refractivity contribution in [1.29, 1.82) is 0 Å². The summed E-state index contributed by atoms with van der Waals surface area (Å²) in [5.74, 6) is 2.89. The standard InChI is InChI=1S/C22H33N3O2/c1-27-21-8-6-20(7-9-21)24-14-12-23(13-15-24)17-22(26)25-11-10-18-4-2-3-5-19(18)16-25/h6-9,18-19H,2-5,10-17H2,1H3/t18-,19+/m0/s1. The fourth-order valence-corrected chi connectivity index (χ4v) is 5.08. The fraction of sp³-hybridized carbons (Fsp3) is 0.682. The molecule has 2 aliphatic heterocycles. The summed E-state index contributed by atoms with van der Waals surface area (Å²) in [4.78, 5) is 19.7. The molecular formula is C22H33N3O2. The number of rotatable bonds is 4. The Bertz CT molecular complexity index is 625. The molecule has 5 heteroatoms. The number of likely N-dealkylation sites (tertiary alicyclic amines) is 1. The summed E-state index contributed by atoms with van der Waals surface area (Å²) in [5, 5.41) is 0. The van der Waals surface area contributed by atoms with Gasteiger partial charge in [-0.2, -0.15) is 0 Å². The van der Waals surface area contributed by atoms with Gasteiger partial charge in [-0.3, -0.25) is 9.69 Å². The maximum atomic E-state index is 12.8. The minimum absolute atomic E-state index is 0.344. The number of piperidine rings is 1. The SMILES string of the molecule is COc1ccc(N2CCN(CC(=O)N3CC[C@@H]4CCCC[C@@H]4C3)CC2)cc1. The second-order valence-corrected chi connectivity index (χ2v) is 8.39. The van der Waals surface area contributed by atoms with Gasteiger partial charge >= 0.3 is 0 Å². The number of ether oxygens (including phenoxy) is 1. The highest BCUT2D eigenvalue weighted by molar-refractivity contribution is 5.78. The van der Waals surface area contributed by atoms with Crippen LogP contribution in [0.4, 0.5) is 5.69 Å². The number of piperazine rings is 1. The number of hydrogen-bond acceptors (Lipinski definition) is 4. The molecule has 27 heavy (non-hydrogen) atoms. The Hall–Kier alpha value is -1.75. The topological polar surface area (TPSA) is 36.0 Å². The van der Waals surface area contributed by atoms with Crippen molar-refractivity contribution in [3.05, 3.63) is 24.3 Å². The quantitative estimate of drug-likeness (QED) is 0.815. The first kappa shape index (κ1) is 18.6. The van der Waals surface area contributed by atoms with Crippen LogP contribution < -0.4 is 9.64 Å². The molecule has 1 aromatic rings. The Morgan fingerprint density at radius 3 is 2.37 bits per heavy atom. The molecule has 2 atom stereocenters. The molecule has 3 aliphatic rings. The van der Waals surface area contributed by atoms with Gasteiger partial charge in [0.1, 0.15) is 5.75 Å². The first-order valence-electron chi connectivity index (χ1n) is 10.6. The number of hydrogen-bond donors (Lipinski definition) is 0. The van der Waals surface area contributed by atoms with Crippen LogP contribution >= 0.6 is 0 Å². The van der Waals surface area contributed by atoms with Crippen molar-refractivity contribution < 1.29 is 9.53 Å². The smallest absolute Gasteiger partial charge is 0.236 e. The molecule has 2 heterocycles. The Morgan fingerprint density at radius 2 is 1.67 bits per heavy atom. The van der Waals surface area contributed by atoms with Gasteiger partial charge in [-0.25, -0.2) is 0 Å². The van der Waals surface area contributed by atoms with Crippen molar-refractivity contribution in [3.63, 3.8) is 0 Å². The predicted octanol–water partition coefficient (Wildman–Crippen LogP) is 2.86. The summed E-state index contributed by atoms with van der Waals surface area (Å²) < 4.78 is 5.24. The van der Waals surface area contributed by atoms with Gasteiger partial charge in [-0.1, -0.05) is 19.3 Å². The molecule has 5 nitrogen and oxygen atoms in total. The highest BCUT2D eigenvalue weighted by Crippen LogP contribution is 2.36. The predicted molar refractivity (Wildman–Crippen MR) is 108 cm³/mol. The van der Waals surface area contributed by atoms with Gasteiger partial charge in [-0.05, 0) is 48.9 Å². The van der Waals surface area contributed by atoms with Gasteiger partial charge in [0, 0.05) is 45.0 Å². The Kier molecular flexibility index (Phi) is 5.86. The number of carbonyl (C=O) groups is 1. The van der Waals surface area contributed by atoms with Crippen LogP contribution in [0.1, 0.15) is 32.1 Å². The molecule has 3 fully saturated rings. The van der Waals surface area contributed by atoms with E-state index in [-0.39, 0.29) is 0 Å². The van der Waals surface area contributed by atoms with Gasteiger partial charge in [0.05, 0.1) is 13.7 Å². The van der Waals surface area contributed by atoms with Crippen LogP contribution in [0.3, 0.4) is 0 Å². The highest BCUT2D eigenvalue weighted by atomic mass is 16.5. The largest absolute Gasteiger partial charge is 0.497 e. The van der Waals surface area contributed by atoms with Crippen molar-refractivity contribution in [2.24, 2.45) is 11.8 Å². The van der Waals surface area contributed by atoms with Crippen molar-refractivity contribution >= 4 is 11.6 Å². The van der Waals surface area contributed by atoms with Crippen LogP contribution in [0.15, 0.2) is 24.3 Å². The second-order valence-electron chi connectivity index (χ2n) is 8.39. The monoisotopic (exact) mass is 371 g/mol. The molecule has 0 N–H and O–H groups in total. The summed E-state index contributed by atoms with van der Waals surface area (Å²) in [5.41, 5.74) is 1.24. The number of amides is 1. The van der Waals surface area contributed by atoms with E-state index in [1.165, 1.54) is 37.8 Å². The zero-order chi connectivity index (χ0) is 18.6. The zero-order valence-corrected chi connectivity index (χ0v) is 16.6. The van der Waals surface area contributed by atoms with E-state index in [1.54, 1.807) is 7.11 Å². The van der Waals surface area contributed by atoms with Crippen LogP contribution in [0.25, 0.3) is 0 Å². The van der Waals surface area contributed by atoms with E-state index in [9.17, 15) is 4.79 Å². The Morgan fingerprint density at radius 1 is 0.963 bits per heavy atom. The fourth-order valence-electron chi connectivity index (χ4n) is 5.08. The molecule has 1 aromatic carbocycles. The van der Waals surface area contributed by atoms with Crippen LogP contribution in [0.2, 0.25) is 0 Å². The molecule has 1 saturated carbocycles. The van der Waals surface area contributed by atoms with Crippen molar-refractivity contribution in [2.45, 2.75) is 32.1 Å². The van der Waals surface area contributed by atoms with E-state index in [1.807, 2.05) is 12.1 Å². The maximum Gasteiger partial charge on any atom is 0.236 e. The van der Waals surface area contributed by atoms with Crippen LogP contribution in [0, 0.1) is 11.8 Å². The summed E-state index contributed by atoms with van der Waals surface area (Å²) in [7, 11) is 1.70. The highest BCUT2D eigenvalue weighted by Gasteiger charge is 2.33. The normalized spacial score (nSPS) is 26.6. The maximum absolute atomic E-state index is 12.8. The molecule has 0 aromatic heterocycles. The van der Waals surface area contributed by atoms with Gasteiger partial charge in [0.15, 0.2) is 0 Å². The number of nitrogens with zero attached hydrogens (tertiary/aromatic N) is 3. The minimum atomic E-state index is 0.344. The lowest BCUT2D eigenvalue weighted by atomic mass is 9.75. The molecule has 148 valence electrons. The van der Waals surface area contributed by atoms with E-state index in [4.69, 9.17) is 4.74 Å². The molecule has 4 rings (SSSR count). The average molecular weight is 372 g/mol. The van der Waals surface area contributed by atoms with Gasteiger partial charge < -0.3 is 14.5 Å². The van der Waals surface area contributed by atoms with Crippen molar-refractivity contribution in [3.8, 4) is 5.75 Å². The molecule has 2 saturated heterocycles. The summed E-state index contributed by atoms with van der Waals surface area (Å²) in [6.07, 6.45) is 6.70. The number of benzene rings is 1. The third kappa shape index (κ3) is 4.40. The van der Waals surface area contributed by atoms with Crippen LogP contribution in [0.5, 0.6) is 5.75 Å².